The highest BCUT2D eigenvalue weighted by atomic mass is 19.1. The van der Waals surface area contributed by atoms with Crippen molar-refractivity contribution < 1.29 is 18.8 Å². The number of anilines is 2. The summed E-state index contributed by atoms with van der Waals surface area (Å²) in [4.78, 5) is 39.7. The number of carbonyl (C=O) groups excluding carboxylic acids is 3. The van der Waals surface area contributed by atoms with E-state index in [0.29, 0.717) is 5.69 Å². The summed E-state index contributed by atoms with van der Waals surface area (Å²) >= 11 is 0. The number of carbonyl (C=O) groups is 3. The minimum atomic E-state index is -1.01. The molecule has 1 N–H and O–H groups in total. The first-order valence-electron chi connectivity index (χ1n) is 9.61. The smallest absolute Gasteiger partial charge is 0.263 e. The number of imide groups is 1. The zero-order chi connectivity index (χ0) is 21.5. The molecule has 3 amide bonds. The van der Waals surface area contributed by atoms with E-state index in [2.05, 4.69) is 15.7 Å². The Bertz CT molecular complexity index is 1260. The molecular weight excluding hydrogens is 401 g/mol. The highest BCUT2D eigenvalue weighted by Gasteiger charge is 2.55. The molecule has 0 aromatic heterocycles. The van der Waals surface area contributed by atoms with Gasteiger partial charge >= 0.3 is 0 Å². The molecule has 0 aliphatic carbocycles. The van der Waals surface area contributed by atoms with Gasteiger partial charge in [-0.05, 0) is 29.7 Å². The number of fused-ring (bicyclic) bond motifs is 2. The van der Waals surface area contributed by atoms with Gasteiger partial charge in [0.15, 0.2) is 12.1 Å². The molecule has 154 valence electrons. The van der Waals surface area contributed by atoms with Crippen LogP contribution in [0.2, 0.25) is 0 Å². The first-order chi connectivity index (χ1) is 15.0. The van der Waals surface area contributed by atoms with Crippen LogP contribution in [-0.2, 0) is 14.4 Å². The lowest BCUT2D eigenvalue weighted by Gasteiger charge is -2.21. The zero-order valence-electron chi connectivity index (χ0n) is 16.1. The van der Waals surface area contributed by atoms with E-state index in [9.17, 15) is 18.8 Å². The number of nitrogens with zero attached hydrogens (tertiary/aromatic N) is 4. The Hall–Kier alpha value is -4.14. The van der Waals surface area contributed by atoms with Crippen LogP contribution in [0.25, 0.3) is 10.8 Å². The van der Waals surface area contributed by atoms with Crippen molar-refractivity contribution in [2.24, 2.45) is 10.3 Å². The van der Waals surface area contributed by atoms with Crippen molar-refractivity contribution >= 4 is 39.9 Å². The van der Waals surface area contributed by atoms with Gasteiger partial charge in [-0.2, -0.15) is 5.11 Å². The Morgan fingerprint density at radius 1 is 1.00 bits per heavy atom. The van der Waals surface area contributed by atoms with Crippen LogP contribution in [0.4, 0.5) is 15.8 Å². The van der Waals surface area contributed by atoms with Gasteiger partial charge in [-0.1, -0.05) is 47.7 Å². The molecule has 2 aliphatic rings. The molecule has 3 aromatic carbocycles. The van der Waals surface area contributed by atoms with Crippen LogP contribution in [0, 0.1) is 5.82 Å². The molecule has 9 heteroatoms. The van der Waals surface area contributed by atoms with Crippen molar-refractivity contribution in [1.82, 2.24) is 5.01 Å². The second-order valence-electron chi connectivity index (χ2n) is 7.26. The molecule has 0 radical (unpaired) electrons. The summed E-state index contributed by atoms with van der Waals surface area (Å²) in [6, 6.07) is 16.3. The summed E-state index contributed by atoms with van der Waals surface area (Å²) in [5.41, 5.74) is 0.755. The third-order valence-corrected chi connectivity index (χ3v) is 5.28. The molecule has 5 rings (SSSR count). The lowest BCUT2D eigenvalue weighted by molar-refractivity contribution is -0.123. The molecule has 0 spiro atoms. The van der Waals surface area contributed by atoms with Crippen molar-refractivity contribution in [3.8, 4) is 0 Å². The molecule has 2 unspecified atom stereocenters. The van der Waals surface area contributed by atoms with Gasteiger partial charge in [0.1, 0.15) is 12.4 Å². The monoisotopic (exact) mass is 417 g/mol. The van der Waals surface area contributed by atoms with Crippen molar-refractivity contribution in [3.05, 3.63) is 72.5 Å². The van der Waals surface area contributed by atoms with E-state index in [1.54, 1.807) is 18.2 Å². The fourth-order valence-electron chi connectivity index (χ4n) is 3.91. The molecule has 2 atom stereocenters. The van der Waals surface area contributed by atoms with Crippen LogP contribution in [0.3, 0.4) is 0 Å². The average Bonchev–Trinajstić information content (AvgIpc) is 3.27. The zero-order valence-corrected chi connectivity index (χ0v) is 16.1. The van der Waals surface area contributed by atoms with Gasteiger partial charge in [-0.15, -0.1) is 0 Å². The third kappa shape index (κ3) is 3.20. The lowest BCUT2D eigenvalue weighted by atomic mass is 10.1. The maximum atomic E-state index is 13.3. The van der Waals surface area contributed by atoms with E-state index in [4.69, 9.17) is 0 Å². The summed E-state index contributed by atoms with van der Waals surface area (Å²) < 4.78 is 13.3. The van der Waals surface area contributed by atoms with Gasteiger partial charge in [0.05, 0.1) is 5.69 Å². The van der Waals surface area contributed by atoms with Crippen molar-refractivity contribution in [2.45, 2.75) is 12.1 Å². The Balaban J connectivity index is 1.38. The van der Waals surface area contributed by atoms with Gasteiger partial charge in [0, 0.05) is 11.1 Å². The lowest BCUT2D eigenvalue weighted by Crippen LogP contribution is -2.43. The number of hydrogen-bond acceptors (Lipinski definition) is 6. The SMILES string of the molecule is O=C(CN1N=NC2C(=O)N(c3cccc4ccccc34)C(=O)C21)Nc1cccc(F)c1. The van der Waals surface area contributed by atoms with Gasteiger partial charge < -0.3 is 5.32 Å². The highest BCUT2D eigenvalue weighted by molar-refractivity contribution is 6.27. The second kappa shape index (κ2) is 7.28. The number of rotatable bonds is 4. The van der Waals surface area contributed by atoms with Crippen LogP contribution in [0.15, 0.2) is 77.1 Å². The Morgan fingerprint density at radius 3 is 2.61 bits per heavy atom. The predicted molar refractivity (Wildman–Crippen MR) is 111 cm³/mol. The number of benzene rings is 3. The average molecular weight is 417 g/mol. The van der Waals surface area contributed by atoms with Crippen molar-refractivity contribution in [2.75, 3.05) is 16.8 Å². The van der Waals surface area contributed by atoms with E-state index in [1.807, 2.05) is 30.3 Å². The minimum absolute atomic E-state index is 0.281. The third-order valence-electron chi connectivity index (χ3n) is 5.28. The van der Waals surface area contributed by atoms with Gasteiger partial charge in [0.2, 0.25) is 5.91 Å². The fraction of sp³-hybridized carbons (Fsp3) is 0.136. The minimum Gasteiger partial charge on any atom is -0.324 e. The Kier molecular flexibility index (Phi) is 4.43. The number of hydrogen-bond donors (Lipinski definition) is 1. The predicted octanol–water partition coefficient (Wildman–Crippen LogP) is 2.91. The van der Waals surface area contributed by atoms with Crippen LogP contribution in [0.1, 0.15) is 0 Å². The molecule has 2 aliphatic heterocycles. The number of halogens is 1. The van der Waals surface area contributed by atoms with E-state index in [1.165, 1.54) is 23.2 Å². The first-order valence-corrected chi connectivity index (χ1v) is 9.61. The molecule has 1 fully saturated rings. The van der Waals surface area contributed by atoms with Crippen molar-refractivity contribution in [3.63, 3.8) is 0 Å². The van der Waals surface area contributed by atoms with E-state index in [-0.39, 0.29) is 12.2 Å². The maximum Gasteiger partial charge on any atom is 0.263 e. The first kappa shape index (κ1) is 18.9. The Morgan fingerprint density at radius 2 is 1.77 bits per heavy atom. The van der Waals surface area contributed by atoms with Crippen LogP contribution in [-0.4, -0.2) is 41.4 Å². The van der Waals surface area contributed by atoms with E-state index < -0.39 is 35.6 Å². The fourth-order valence-corrected chi connectivity index (χ4v) is 3.91. The normalized spacial score (nSPS) is 19.9. The molecular formula is C22H16FN5O3. The maximum absolute atomic E-state index is 13.3. The van der Waals surface area contributed by atoms with Crippen LogP contribution < -0.4 is 10.2 Å². The Labute approximate surface area is 175 Å². The largest absolute Gasteiger partial charge is 0.324 e. The number of amides is 3. The summed E-state index contributed by atoms with van der Waals surface area (Å²) in [5, 5.41) is 13.2. The van der Waals surface area contributed by atoms with Crippen molar-refractivity contribution in [1.29, 1.82) is 0 Å². The number of nitrogens with one attached hydrogen (secondary N) is 1. The summed E-state index contributed by atoms with van der Waals surface area (Å²) in [7, 11) is 0. The van der Waals surface area contributed by atoms with Crippen LogP contribution >= 0.6 is 0 Å². The second-order valence-corrected chi connectivity index (χ2v) is 7.26. The summed E-state index contributed by atoms with van der Waals surface area (Å²) in [5.74, 6) is -1.96. The molecule has 3 aromatic rings. The molecule has 1 saturated heterocycles. The van der Waals surface area contributed by atoms with Gasteiger partial charge in [-0.25, -0.2) is 9.29 Å². The molecule has 0 saturated carbocycles. The van der Waals surface area contributed by atoms with E-state index >= 15 is 0 Å². The molecule has 2 heterocycles. The molecule has 31 heavy (non-hydrogen) atoms. The topological polar surface area (TPSA) is 94.4 Å². The van der Waals surface area contributed by atoms with Crippen LogP contribution in [0.5, 0.6) is 0 Å². The van der Waals surface area contributed by atoms with Gasteiger partial charge in [-0.3, -0.25) is 19.4 Å². The van der Waals surface area contributed by atoms with Gasteiger partial charge in [0.25, 0.3) is 11.8 Å². The molecule has 8 nitrogen and oxygen atoms in total. The molecule has 0 bridgehead atoms. The quantitative estimate of drug-likeness (QED) is 0.661. The summed E-state index contributed by atoms with van der Waals surface area (Å²) in [6.07, 6.45) is 0. The summed E-state index contributed by atoms with van der Waals surface area (Å²) in [6.45, 7) is -0.302. The van der Waals surface area contributed by atoms with E-state index in [0.717, 1.165) is 15.7 Å². The highest BCUT2D eigenvalue weighted by Crippen LogP contribution is 2.35. The standard InChI is InChI=1S/C22H16FN5O3/c23-14-7-4-8-15(11-14)24-18(29)12-27-20-19(25-26-27)21(30)28(22(20)31)17-10-3-6-13-5-1-2-9-16(13)17/h1-11,19-20H,12H2,(H,24,29).